The van der Waals surface area contributed by atoms with Crippen molar-refractivity contribution in [3.63, 3.8) is 0 Å². The van der Waals surface area contributed by atoms with Gasteiger partial charge >= 0.3 is 6.03 Å². The fourth-order valence-electron chi connectivity index (χ4n) is 4.33. The van der Waals surface area contributed by atoms with Crippen LogP contribution < -0.4 is 20.9 Å². The van der Waals surface area contributed by atoms with Gasteiger partial charge in [0.05, 0.1) is 24.5 Å². The van der Waals surface area contributed by atoms with Crippen LogP contribution in [0.4, 0.5) is 30.6 Å². The van der Waals surface area contributed by atoms with Crippen LogP contribution in [0.1, 0.15) is 29.6 Å². The van der Waals surface area contributed by atoms with Crippen LogP contribution in [0.3, 0.4) is 0 Å². The highest BCUT2D eigenvalue weighted by atomic mass is 19.1. The van der Waals surface area contributed by atoms with Gasteiger partial charge in [-0.15, -0.1) is 0 Å². The van der Waals surface area contributed by atoms with Crippen molar-refractivity contribution in [2.75, 3.05) is 68.0 Å². The molecule has 0 radical (unpaired) electrons. The largest absolute Gasteiger partial charge is 0.379 e. The molecule has 0 aliphatic carbocycles. The highest BCUT2D eigenvalue weighted by Gasteiger charge is 2.21. The molecule has 2 aromatic carbocycles. The number of halogens is 2. The summed E-state index contributed by atoms with van der Waals surface area (Å²) in [6.45, 7) is 6.47. The number of hydrogen-bond acceptors (Lipinski definition) is 5. The average Bonchev–Trinajstić information content (AvgIpc) is 3.39. The molecule has 2 aliphatic rings. The highest BCUT2D eigenvalue weighted by Crippen LogP contribution is 2.28. The summed E-state index contributed by atoms with van der Waals surface area (Å²) in [7, 11) is 0. The van der Waals surface area contributed by atoms with Crippen LogP contribution >= 0.6 is 0 Å². The summed E-state index contributed by atoms with van der Waals surface area (Å²) in [5.74, 6) is -1.81. The van der Waals surface area contributed by atoms with Gasteiger partial charge in [-0.3, -0.25) is 9.69 Å². The van der Waals surface area contributed by atoms with Crippen molar-refractivity contribution in [2.45, 2.75) is 19.3 Å². The van der Waals surface area contributed by atoms with Gasteiger partial charge in [-0.2, -0.15) is 0 Å². The van der Waals surface area contributed by atoms with Gasteiger partial charge in [0, 0.05) is 50.2 Å². The number of anilines is 3. The minimum Gasteiger partial charge on any atom is -0.379 e. The third-order valence-corrected chi connectivity index (χ3v) is 6.17. The van der Waals surface area contributed by atoms with E-state index >= 15 is 0 Å². The molecule has 2 heterocycles. The van der Waals surface area contributed by atoms with Gasteiger partial charge in [0.25, 0.3) is 5.91 Å². The summed E-state index contributed by atoms with van der Waals surface area (Å²) in [5.41, 5.74) is 1.55. The highest BCUT2D eigenvalue weighted by molar-refractivity contribution is 6.04. The van der Waals surface area contributed by atoms with Crippen molar-refractivity contribution in [3.8, 4) is 0 Å². The molecule has 2 saturated heterocycles. The van der Waals surface area contributed by atoms with Gasteiger partial charge in [0.1, 0.15) is 11.6 Å². The first kappa shape index (κ1) is 24.9. The Bertz CT molecular complexity index is 1040. The minimum atomic E-state index is -0.873. The van der Waals surface area contributed by atoms with Gasteiger partial charge in [0.2, 0.25) is 0 Å². The van der Waals surface area contributed by atoms with Crippen molar-refractivity contribution < 1.29 is 23.1 Å². The van der Waals surface area contributed by atoms with Gasteiger partial charge < -0.3 is 25.6 Å². The maximum absolute atomic E-state index is 13.9. The Balaban J connectivity index is 1.40. The van der Waals surface area contributed by atoms with E-state index in [2.05, 4.69) is 25.8 Å². The van der Waals surface area contributed by atoms with E-state index in [0.717, 1.165) is 83.0 Å². The van der Waals surface area contributed by atoms with E-state index < -0.39 is 17.7 Å². The summed E-state index contributed by atoms with van der Waals surface area (Å²) >= 11 is 0. The summed E-state index contributed by atoms with van der Waals surface area (Å²) in [6.07, 6.45) is 2.95. The van der Waals surface area contributed by atoms with Crippen LogP contribution in [0.25, 0.3) is 0 Å². The maximum Gasteiger partial charge on any atom is 0.323 e. The van der Waals surface area contributed by atoms with E-state index in [9.17, 15) is 18.4 Å². The molecule has 8 nitrogen and oxygen atoms in total. The lowest BCUT2D eigenvalue weighted by Gasteiger charge is -2.26. The molecule has 10 heteroatoms. The number of carbonyl (C=O) groups is 2. The molecule has 2 aromatic rings. The second kappa shape index (κ2) is 11.9. The number of rotatable bonds is 8. The molecule has 4 rings (SSSR count). The summed E-state index contributed by atoms with van der Waals surface area (Å²) in [4.78, 5) is 30.0. The van der Waals surface area contributed by atoms with Crippen LogP contribution in [0.15, 0.2) is 36.4 Å². The zero-order valence-corrected chi connectivity index (χ0v) is 19.6. The first-order valence-corrected chi connectivity index (χ1v) is 12.0. The number of nitrogens with zero attached hydrogens (tertiary/aromatic N) is 2. The van der Waals surface area contributed by atoms with Crippen molar-refractivity contribution >= 4 is 29.0 Å². The van der Waals surface area contributed by atoms with Crippen molar-refractivity contribution in [2.24, 2.45) is 0 Å². The molecule has 0 aromatic heterocycles. The van der Waals surface area contributed by atoms with Crippen molar-refractivity contribution in [3.05, 3.63) is 53.6 Å². The Morgan fingerprint density at radius 2 is 1.71 bits per heavy atom. The van der Waals surface area contributed by atoms with E-state index in [4.69, 9.17) is 4.74 Å². The molecule has 35 heavy (non-hydrogen) atoms. The number of nitrogens with one attached hydrogen (secondary N) is 3. The first-order chi connectivity index (χ1) is 17.0. The molecule has 3 amide bonds. The van der Waals surface area contributed by atoms with Crippen LogP contribution in [0, 0.1) is 11.6 Å². The summed E-state index contributed by atoms with van der Waals surface area (Å²) < 4.78 is 32.3. The van der Waals surface area contributed by atoms with Crippen LogP contribution in [0.5, 0.6) is 0 Å². The summed E-state index contributed by atoms with van der Waals surface area (Å²) in [6, 6.07) is 7.38. The molecule has 2 fully saturated rings. The molecule has 188 valence electrons. The number of benzene rings is 2. The fraction of sp³-hybridized carbons (Fsp3) is 0.440. The normalized spacial score (nSPS) is 16.2. The lowest BCUT2D eigenvalue weighted by Crippen LogP contribution is -2.38. The number of hydrogen-bond donors (Lipinski definition) is 3. The molecule has 0 spiro atoms. The molecule has 0 unspecified atom stereocenters. The lowest BCUT2D eigenvalue weighted by atomic mass is 10.1. The number of urea groups is 1. The number of ether oxygens (including phenoxy) is 1. The maximum atomic E-state index is 13.9. The molecular weight excluding hydrogens is 456 g/mol. The van der Waals surface area contributed by atoms with E-state index in [1.807, 2.05) is 6.07 Å². The number of amides is 3. The number of morpholine rings is 1. The first-order valence-electron chi connectivity index (χ1n) is 12.0. The van der Waals surface area contributed by atoms with Crippen molar-refractivity contribution in [1.29, 1.82) is 0 Å². The standard InChI is InChI=1S/C25H31F2N5O3/c26-18-4-6-22(21(27)16-18)30-25(34)29-19-5-7-23(32-10-1-2-11-32)20(17-19)24(33)28-8-3-9-31-12-14-35-15-13-31/h4-7,16-17H,1-3,8-15H2,(H,28,33)(H2,29,30,34). The summed E-state index contributed by atoms with van der Waals surface area (Å²) in [5, 5.41) is 7.99. The zero-order valence-electron chi connectivity index (χ0n) is 19.6. The predicted octanol–water partition coefficient (Wildman–Crippen LogP) is 3.66. The third kappa shape index (κ3) is 6.89. The Morgan fingerprint density at radius 1 is 0.943 bits per heavy atom. The van der Waals surface area contributed by atoms with Gasteiger partial charge in [-0.25, -0.2) is 13.6 Å². The average molecular weight is 488 g/mol. The molecule has 2 aliphatic heterocycles. The van der Waals surface area contributed by atoms with E-state index in [0.29, 0.717) is 23.9 Å². The van der Waals surface area contributed by atoms with Crippen LogP contribution in [-0.4, -0.2) is 69.3 Å². The SMILES string of the molecule is O=C(Nc1ccc(N2CCCC2)c(C(=O)NCCCN2CCOCC2)c1)Nc1ccc(F)cc1F. The van der Waals surface area contributed by atoms with Gasteiger partial charge in [0.15, 0.2) is 0 Å². The third-order valence-electron chi connectivity index (χ3n) is 6.17. The lowest BCUT2D eigenvalue weighted by molar-refractivity contribution is 0.0374. The van der Waals surface area contributed by atoms with Crippen LogP contribution in [-0.2, 0) is 4.74 Å². The fourth-order valence-corrected chi connectivity index (χ4v) is 4.33. The Morgan fingerprint density at radius 3 is 2.46 bits per heavy atom. The predicted molar refractivity (Wildman–Crippen MR) is 131 cm³/mol. The molecule has 0 saturated carbocycles. The molecular formula is C25H31F2N5O3. The van der Waals surface area contributed by atoms with E-state index in [-0.39, 0.29) is 11.6 Å². The zero-order chi connectivity index (χ0) is 24.6. The monoisotopic (exact) mass is 487 g/mol. The minimum absolute atomic E-state index is 0.143. The van der Waals surface area contributed by atoms with E-state index in [1.54, 1.807) is 12.1 Å². The van der Waals surface area contributed by atoms with Crippen LogP contribution in [0.2, 0.25) is 0 Å². The number of carbonyl (C=O) groups excluding carboxylic acids is 2. The molecule has 0 atom stereocenters. The quantitative estimate of drug-likeness (QED) is 0.495. The van der Waals surface area contributed by atoms with Gasteiger partial charge in [-0.05, 0) is 56.1 Å². The molecule has 0 bridgehead atoms. The second-order valence-corrected chi connectivity index (χ2v) is 8.69. The smallest absolute Gasteiger partial charge is 0.323 e. The Hall–Kier alpha value is -3.24. The molecule has 3 N–H and O–H groups in total. The Labute approximate surface area is 203 Å². The second-order valence-electron chi connectivity index (χ2n) is 8.69. The van der Waals surface area contributed by atoms with Crippen molar-refractivity contribution in [1.82, 2.24) is 10.2 Å². The topological polar surface area (TPSA) is 85.9 Å². The van der Waals surface area contributed by atoms with Gasteiger partial charge in [-0.1, -0.05) is 0 Å². The van der Waals surface area contributed by atoms with E-state index in [1.165, 1.54) is 0 Å². The Kier molecular flexibility index (Phi) is 8.49.